The smallest absolute Gasteiger partial charge is 0.220 e. The number of rotatable bonds is 6. The van der Waals surface area contributed by atoms with Gasteiger partial charge in [-0.15, -0.1) is 0 Å². The highest BCUT2D eigenvalue weighted by molar-refractivity contribution is 5.76. The fraction of sp³-hybridized carbons (Fsp3) is 0.923. The molecule has 1 aliphatic rings. The Labute approximate surface area is 98.6 Å². The number of aliphatic hydroxyl groups is 1. The van der Waals surface area contributed by atoms with E-state index in [1.807, 2.05) is 0 Å². The van der Waals surface area contributed by atoms with Gasteiger partial charge in [-0.25, -0.2) is 0 Å². The molecule has 0 bridgehead atoms. The first-order valence-corrected chi connectivity index (χ1v) is 6.41. The van der Waals surface area contributed by atoms with Crippen LogP contribution in [0.2, 0.25) is 0 Å². The third-order valence-electron chi connectivity index (χ3n) is 3.50. The molecule has 0 radical (unpaired) electrons. The molecular formula is C13H25NO2. The molecule has 0 aromatic heterocycles. The van der Waals surface area contributed by atoms with Crippen LogP contribution in [0, 0.1) is 11.3 Å². The maximum atomic E-state index is 11.7. The fourth-order valence-electron chi connectivity index (χ4n) is 2.28. The molecule has 0 aromatic rings. The van der Waals surface area contributed by atoms with E-state index in [1.54, 1.807) is 0 Å². The van der Waals surface area contributed by atoms with E-state index in [0.717, 1.165) is 6.42 Å². The Balaban J connectivity index is 2.18. The Bertz CT molecular complexity index is 220. The molecular weight excluding hydrogens is 202 g/mol. The minimum absolute atomic E-state index is 0.0000853. The van der Waals surface area contributed by atoms with Crippen molar-refractivity contribution in [2.24, 2.45) is 11.3 Å². The average Bonchev–Trinajstić information content (AvgIpc) is 2.68. The quantitative estimate of drug-likeness (QED) is 0.730. The van der Waals surface area contributed by atoms with Gasteiger partial charge in [-0.3, -0.25) is 4.79 Å². The molecule has 3 nitrogen and oxygen atoms in total. The Kier molecular flexibility index (Phi) is 5.26. The van der Waals surface area contributed by atoms with Gasteiger partial charge in [0.1, 0.15) is 0 Å². The van der Waals surface area contributed by atoms with Gasteiger partial charge in [0.25, 0.3) is 0 Å². The summed E-state index contributed by atoms with van der Waals surface area (Å²) < 4.78 is 0. The number of carbonyl (C=O) groups is 1. The Hall–Kier alpha value is -0.570. The maximum absolute atomic E-state index is 11.7. The molecule has 0 saturated heterocycles. The highest BCUT2D eigenvalue weighted by Crippen LogP contribution is 2.27. The summed E-state index contributed by atoms with van der Waals surface area (Å²) in [6.45, 7) is 4.99. The monoisotopic (exact) mass is 227 g/mol. The molecule has 16 heavy (non-hydrogen) atoms. The van der Waals surface area contributed by atoms with Crippen molar-refractivity contribution in [2.45, 2.75) is 52.4 Å². The number of nitrogens with one attached hydrogen (secondary N) is 1. The van der Waals surface area contributed by atoms with E-state index < -0.39 is 0 Å². The van der Waals surface area contributed by atoms with E-state index in [1.165, 1.54) is 25.7 Å². The third-order valence-corrected chi connectivity index (χ3v) is 3.50. The predicted octanol–water partition coefficient (Wildman–Crippen LogP) is 2.09. The molecule has 0 spiro atoms. The molecule has 2 N–H and O–H groups in total. The van der Waals surface area contributed by atoms with Crippen molar-refractivity contribution in [1.82, 2.24) is 5.32 Å². The van der Waals surface area contributed by atoms with Crippen molar-refractivity contribution in [2.75, 3.05) is 13.2 Å². The van der Waals surface area contributed by atoms with Gasteiger partial charge >= 0.3 is 0 Å². The first kappa shape index (κ1) is 13.5. The second-order valence-corrected chi connectivity index (χ2v) is 5.77. The van der Waals surface area contributed by atoms with Gasteiger partial charge in [-0.2, -0.15) is 0 Å². The SMILES string of the molecule is CC(C)(CCO)CNC(=O)CC1CCCC1. The van der Waals surface area contributed by atoms with Gasteiger partial charge in [0.2, 0.25) is 5.91 Å². The van der Waals surface area contributed by atoms with Crippen LogP contribution in [-0.2, 0) is 4.79 Å². The summed E-state index contributed by atoms with van der Waals surface area (Å²) in [4.78, 5) is 11.7. The van der Waals surface area contributed by atoms with Crippen molar-refractivity contribution in [3.8, 4) is 0 Å². The molecule has 0 aliphatic heterocycles. The Morgan fingerprint density at radius 2 is 2.00 bits per heavy atom. The lowest BCUT2D eigenvalue weighted by atomic mass is 9.89. The predicted molar refractivity (Wildman–Crippen MR) is 65.1 cm³/mol. The van der Waals surface area contributed by atoms with E-state index in [0.29, 0.717) is 18.9 Å². The van der Waals surface area contributed by atoms with Crippen molar-refractivity contribution >= 4 is 5.91 Å². The van der Waals surface area contributed by atoms with Crippen molar-refractivity contribution in [1.29, 1.82) is 0 Å². The minimum Gasteiger partial charge on any atom is -0.396 e. The van der Waals surface area contributed by atoms with Crippen LogP contribution in [0.25, 0.3) is 0 Å². The van der Waals surface area contributed by atoms with Crippen LogP contribution in [0.3, 0.4) is 0 Å². The third kappa shape index (κ3) is 4.97. The molecule has 94 valence electrons. The van der Waals surface area contributed by atoms with E-state index in [4.69, 9.17) is 5.11 Å². The van der Waals surface area contributed by atoms with Crippen LogP contribution in [0.5, 0.6) is 0 Å². The highest BCUT2D eigenvalue weighted by Gasteiger charge is 2.21. The molecule has 0 unspecified atom stereocenters. The van der Waals surface area contributed by atoms with Crippen molar-refractivity contribution in [3.05, 3.63) is 0 Å². The van der Waals surface area contributed by atoms with Gasteiger partial charge in [0.15, 0.2) is 0 Å². The average molecular weight is 227 g/mol. The van der Waals surface area contributed by atoms with Crippen LogP contribution in [0.4, 0.5) is 0 Å². The standard InChI is InChI=1S/C13H25NO2/c1-13(2,7-8-15)10-14-12(16)9-11-5-3-4-6-11/h11,15H,3-10H2,1-2H3,(H,14,16). The Morgan fingerprint density at radius 3 is 2.56 bits per heavy atom. The van der Waals surface area contributed by atoms with E-state index in [2.05, 4.69) is 19.2 Å². The molecule has 1 aliphatic carbocycles. The molecule has 0 atom stereocenters. The second-order valence-electron chi connectivity index (χ2n) is 5.77. The number of hydrogen-bond donors (Lipinski definition) is 2. The van der Waals surface area contributed by atoms with Crippen LogP contribution in [0.1, 0.15) is 52.4 Å². The van der Waals surface area contributed by atoms with Crippen LogP contribution in [-0.4, -0.2) is 24.2 Å². The topological polar surface area (TPSA) is 49.3 Å². The number of hydrogen-bond acceptors (Lipinski definition) is 2. The number of amides is 1. The molecule has 1 amide bonds. The molecule has 0 heterocycles. The zero-order chi connectivity index (χ0) is 12.0. The maximum Gasteiger partial charge on any atom is 0.220 e. The van der Waals surface area contributed by atoms with E-state index in [9.17, 15) is 4.79 Å². The molecule has 1 saturated carbocycles. The van der Waals surface area contributed by atoms with Gasteiger partial charge < -0.3 is 10.4 Å². The lowest BCUT2D eigenvalue weighted by Gasteiger charge is -2.24. The summed E-state index contributed by atoms with van der Waals surface area (Å²) in [5.74, 6) is 0.791. The summed E-state index contributed by atoms with van der Waals surface area (Å²) in [6, 6.07) is 0. The van der Waals surface area contributed by atoms with Crippen LogP contribution >= 0.6 is 0 Å². The molecule has 3 heteroatoms. The van der Waals surface area contributed by atoms with Gasteiger partial charge in [0, 0.05) is 19.6 Å². The molecule has 1 fully saturated rings. The normalized spacial score (nSPS) is 17.7. The van der Waals surface area contributed by atoms with Gasteiger partial charge in [-0.05, 0) is 30.6 Å². The number of aliphatic hydroxyl groups excluding tert-OH is 1. The van der Waals surface area contributed by atoms with Crippen LogP contribution < -0.4 is 5.32 Å². The number of carbonyl (C=O) groups excluding carboxylic acids is 1. The fourth-order valence-corrected chi connectivity index (χ4v) is 2.28. The summed E-state index contributed by atoms with van der Waals surface area (Å²) in [5.41, 5.74) is 0.0000853. The molecule has 1 rings (SSSR count). The van der Waals surface area contributed by atoms with Crippen molar-refractivity contribution < 1.29 is 9.90 Å². The summed E-state index contributed by atoms with van der Waals surface area (Å²) in [7, 11) is 0. The zero-order valence-electron chi connectivity index (χ0n) is 10.6. The largest absolute Gasteiger partial charge is 0.396 e. The summed E-state index contributed by atoms with van der Waals surface area (Å²) in [5, 5.41) is 11.9. The lowest BCUT2D eigenvalue weighted by Crippen LogP contribution is -2.35. The second kappa shape index (κ2) is 6.24. The van der Waals surface area contributed by atoms with E-state index >= 15 is 0 Å². The summed E-state index contributed by atoms with van der Waals surface area (Å²) in [6.07, 6.45) is 6.43. The lowest BCUT2D eigenvalue weighted by molar-refractivity contribution is -0.122. The summed E-state index contributed by atoms with van der Waals surface area (Å²) >= 11 is 0. The Morgan fingerprint density at radius 1 is 1.38 bits per heavy atom. The van der Waals surface area contributed by atoms with E-state index in [-0.39, 0.29) is 17.9 Å². The molecule has 0 aromatic carbocycles. The van der Waals surface area contributed by atoms with Crippen molar-refractivity contribution in [3.63, 3.8) is 0 Å². The minimum atomic E-state index is 0.0000853. The van der Waals surface area contributed by atoms with Crippen LogP contribution in [0.15, 0.2) is 0 Å². The van der Waals surface area contributed by atoms with Gasteiger partial charge in [0.05, 0.1) is 0 Å². The zero-order valence-corrected chi connectivity index (χ0v) is 10.6. The highest BCUT2D eigenvalue weighted by atomic mass is 16.3. The van der Waals surface area contributed by atoms with Gasteiger partial charge in [-0.1, -0.05) is 26.7 Å². The first-order valence-electron chi connectivity index (χ1n) is 6.41. The first-order chi connectivity index (χ1) is 7.53.